The van der Waals surface area contributed by atoms with Gasteiger partial charge in [0.1, 0.15) is 0 Å². The monoisotopic (exact) mass is 816 g/mol. The van der Waals surface area contributed by atoms with E-state index in [0.29, 0.717) is 5.95 Å². The zero-order valence-corrected chi connectivity index (χ0v) is 35.0. The van der Waals surface area contributed by atoms with Gasteiger partial charge in [-0.15, -0.1) is 0 Å². The van der Waals surface area contributed by atoms with Crippen molar-refractivity contribution < 1.29 is 0 Å². The number of rotatable bonds is 6. The third kappa shape index (κ3) is 5.84. The molecule has 300 valence electrons. The van der Waals surface area contributed by atoms with Crippen LogP contribution >= 0.6 is 0 Å². The maximum Gasteiger partial charge on any atom is 0.235 e. The summed E-state index contributed by atoms with van der Waals surface area (Å²) in [5, 5.41) is 8.15. The molecule has 0 aliphatic heterocycles. The van der Waals surface area contributed by atoms with Gasteiger partial charge in [-0.05, 0) is 124 Å². The molecule has 64 heavy (non-hydrogen) atoms. The van der Waals surface area contributed by atoms with E-state index in [1.807, 2.05) is 0 Å². The molecule has 3 heterocycles. The topological polar surface area (TPSA) is 35.6 Å². The van der Waals surface area contributed by atoms with Crippen LogP contribution in [-0.4, -0.2) is 19.1 Å². The molecule has 0 radical (unpaired) electrons. The molecule has 0 unspecified atom stereocenters. The van der Waals surface area contributed by atoms with Crippen LogP contribution in [-0.2, 0) is 0 Å². The van der Waals surface area contributed by atoms with Gasteiger partial charge in [0, 0.05) is 38.0 Å². The van der Waals surface area contributed by atoms with Crippen molar-refractivity contribution in [1.29, 1.82) is 0 Å². The van der Waals surface area contributed by atoms with E-state index < -0.39 is 0 Å². The summed E-state index contributed by atoms with van der Waals surface area (Å²) in [7, 11) is 0. The molecule has 0 amide bonds. The molecular weight excluding hydrogens is 777 g/mol. The molecule has 1 aliphatic carbocycles. The quantitative estimate of drug-likeness (QED) is 0.157. The van der Waals surface area contributed by atoms with Crippen molar-refractivity contribution in [2.45, 2.75) is 12.8 Å². The summed E-state index contributed by atoms with van der Waals surface area (Å²) in [5.74, 6) is 0.680. The summed E-state index contributed by atoms with van der Waals surface area (Å²) in [6.07, 6.45) is 8.56. The second-order valence-electron chi connectivity index (χ2n) is 16.9. The van der Waals surface area contributed by atoms with Crippen LogP contribution in [0, 0.1) is 0 Å². The lowest BCUT2D eigenvalue weighted by Crippen LogP contribution is -2.06. The van der Waals surface area contributed by atoms with Crippen LogP contribution in [0.15, 0.2) is 218 Å². The first-order chi connectivity index (χ1) is 31.7. The number of para-hydroxylation sites is 1. The lowest BCUT2D eigenvalue weighted by molar-refractivity contribution is 0.984. The molecule has 0 N–H and O–H groups in total. The third-order valence-corrected chi connectivity index (χ3v) is 13.2. The highest BCUT2D eigenvalue weighted by molar-refractivity contribution is 6.14. The minimum absolute atomic E-state index is 0.680. The van der Waals surface area contributed by atoms with Crippen molar-refractivity contribution in [3.8, 4) is 45.0 Å². The molecule has 9 aromatic carbocycles. The Bertz CT molecular complexity index is 3870. The Morgan fingerprint density at radius 3 is 1.42 bits per heavy atom. The van der Waals surface area contributed by atoms with Gasteiger partial charge in [-0.25, -0.2) is 9.97 Å². The second-order valence-corrected chi connectivity index (χ2v) is 16.9. The number of aromatic nitrogens is 4. The Morgan fingerprint density at radius 1 is 0.375 bits per heavy atom. The Hall–Kier alpha value is -8.34. The van der Waals surface area contributed by atoms with Crippen LogP contribution in [0.25, 0.3) is 116 Å². The largest absolute Gasteiger partial charge is 0.309 e. The van der Waals surface area contributed by atoms with Crippen LogP contribution in [0.1, 0.15) is 18.5 Å². The number of hydrogen-bond donors (Lipinski definition) is 0. The minimum atomic E-state index is 0.680. The van der Waals surface area contributed by atoms with Gasteiger partial charge >= 0.3 is 0 Å². The van der Waals surface area contributed by atoms with E-state index in [0.717, 1.165) is 67.9 Å². The predicted molar refractivity (Wildman–Crippen MR) is 268 cm³/mol. The van der Waals surface area contributed by atoms with Crippen molar-refractivity contribution in [1.82, 2.24) is 19.1 Å². The Morgan fingerprint density at radius 2 is 0.875 bits per heavy atom. The van der Waals surface area contributed by atoms with Crippen LogP contribution < -0.4 is 0 Å². The number of nitrogens with zero attached hydrogens (tertiary/aromatic N) is 4. The van der Waals surface area contributed by atoms with E-state index in [2.05, 4.69) is 228 Å². The average Bonchev–Trinajstić information content (AvgIpc) is 3.88. The molecule has 13 rings (SSSR count). The van der Waals surface area contributed by atoms with Gasteiger partial charge in [-0.1, -0.05) is 152 Å². The molecule has 0 saturated heterocycles. The third-order valence-electron chi connectivity index (χ3n) is 13.2. The lowest BCUT2D eigenvalue weighted by atomic mass is 9.97. The number of hydrogen-bond acceptors (Lipinski definition) is 2. The van der Waals surface area contributed by atoms with Gasteiger partial charge < -0.3 is 4.57 Å². The van der Waals surface area contributed by atoms with Crippen molar-refractivity contribution in [2.75, 3.05) is 0 Å². The molecule has 1 aliphatic rings. The fourth-order valence-corrected chi connectivity index (χ4v) is 10.1. The maximum atomic E-state index is 5.50. The molecular formula is C60H40N4. The van der Waals surface area contributed by atoms with Crippen molar-refractivity contribution in [3.05, 3.63) is 224 Å². The highest BCUT2D eigenvalue weighted by Gasteiger charge is 2.21. The van der Waals surface area contributed by atoms with E-state index in [1.54, 1.807) is 0 Å². The summed E-state index contributed by atoms with van der Waals surface area (Å²) in [6.45, 7) is 0. The van der Waals surface area contributed by atoms with E-state index in [9.17, 15) is 0 Å². The van der Waals surface area contributed by atoms with Gasteiger partial charge in [0.25, 0.3) is 0 Å². The molecule has 4 nitrogen and oxygen atoms in total. The SMILES string of the molecule is C1=CCCC(c2nc(-n3c4ccc(-c5ccccc5)cc4c4cc(-c5ccc6c(c5)c5cc(-c7ccccc7)ccc5n6-c5ccccc5)ccc43)nc3c2ccc2ccccc23)=C1. The highest BCUT2D eigenvalue weighted by Crippen LogP contribution is 2.41. The second kappa shape index (κ2) is 14.6. The Labute approximate surface area is 370 Å². The van der Waals surface area contributed by atoms with Crippen molar-refractivity contribution in [3.63, 3.8) is 0 Å². The molecule has 0 spiro atoms. The molecule has 0 bridgehead atoms. The van der Waals surface area contributed by atoms with Gasteiger partial charge in [0.15, 0.2) is 0 Å². The molecule has 3 aromatic heterocycles. The standard InChI is InChI=1S/C60H40N4/c1-5-15-39(16-6-1)43-26-31-54-50(35-43)51-37-45(28-32-55(51)63(54)47-22-11-4-12-23-47)46-29-34-57-53(38-46)52-36-44(40-17-7-2-8-18-40)27-33-56(52)64(57)60-61-58(42-20-9-3-10-21-42)49-30-25-41-19-13-14-24-48(41)59(49)62-60/h1-9,11-20,22-38H,10,21H2. The van der Waals surface area contributed by atoms with Crippen LogP contribution in [0.3, 0.4) is 0 Å². The van der Waals surface area contributed by atoms with Crippen LogP contribution in [0.5, 0.6) is 0 Å². The Balaban J connectivity index is 1.06. The smallest absolute Gasteiger partial charge is 0.235 e. The summed E-state index contributed by atoms with van der Waals surface area (Å²) in [4.78, 5) is 11.0. The van der Waals surface area contributed by atoms with E-state index >= 15 is 0 Å². The first-order valence-corrected chi connectivity index (χ1v) is 22.1. The number of allylic oxidation sites excluding steroid dienone is 4. The lowest BCUT2D eigenvalue weighted by Gasteiger charge is -2.16. The normalized spacial score (nSPS) is 12.9. The fourth-order valence-electron chi connectivity index (χ4n) is 10.1. The van der Waals surface area contributed by atoms with E-state index in [4.69, 9.17) is 9.97 Å². The maximum absolute atomic E-state index is 5.50. The summed E-state index contributed by atoms with van der Waals surface area (Å²) >= 11 is 0. The van der Waals surface area contributed by atoms with Gasteiger partial charge in [0.05, 0.1) is 33.3 Å². The summed E-state index contributed by atoms with van der Waals surface area (Å²) in [5.41, 5.74) is 16.0. The molecule has 0 saturated carbocycles. The zero-order valence-electron chi connectivity index (χ0n) is 35.0. The predicted octanol–water partition coefficient (Wildman–Crippen LogP) is 15.7. The fraction of sp³-hybridized carbons (Fsp3) is 0.0333. The molecule has 0 atom stereocenters. The van der Waals surface area contributed by atoms with Crippen molar-refractivity contribution >= 4 is 70.9 Å². The molecule has 4 heteroatoms. The highest BCUT2D eigenvalue weighted by atomic mass is 15.2. The first kappa shape index (κ1) is 36.3. The zero-order chi connectivity index (χ0) is 42.1. The van der Waals surface area contributed by atoms with Crippen LogP contribution in [0.4, 0.5) is 0 Å². The van der Waals surface area contributed by atoms with Crippen LogP contribution in [0.2, 0.25) is 0 Å². The van der Waals surface area contributed by atoms with Crippen molar-refractivity contribution in [2.24, 2.45) is 0 Å². The average molecular weight is 817 g/mol. The number of fused-ring (bicyclic) bond motifs is 9. The summed E-state index contributed by atoms with van der Waals surface area (Å²) in [6, 6.07) is 72.6. The van der Waals surface area contributed by atoms with E-state index in [-0.39, 0.29) is 0 Å². The van der Waals surface area contributed by atoms with Gasteiger partial charge in [-0.2, -0.15) is 0 Å². The minimum Gasteiger partial charge on any atom is -0.309 e. The Kier molecular flexibility index (Phi) is 8.31. The van der Waals surface area contributed by atoms with Gasteiger partial charge in [0.2, 0.25) is 5.95 Å². The van der Waals surface area contributed by atoms with E-state index in [1.165, 1.54) is 60.6 Å². The van der Waals surface area contributed by atoms with Gasteiger partial charge in [-0.3, -0.25) is 4.57 Å². The number of benzene rings is 9. The molecule has 12 aromatic rings. The molecule has 0 fully saturated rings. The summed E-state index contributed by atoms with van der Waals surface area (Å²) < 4.78 is 4.68. The first-order valence-electron chi connectivity index (χ1n) is 22.1.